The lowest BCUT2D eigenvalue weighted by molar-refractivity contribution is -0.384. The minimum absolute atomic E-state index is 0.0691. The standard InChI is InChI=1S/C29H36N6O6S2/c1-7-41-27(38)23-20-13-10-18(29(3,4)5)14-21(20)43-26(23)31-24(36)16(2)42-28-33-32-22(34(28)6)15-30-25(37)17-8-11-19(12-9-17)35(39)40/h8-9,11-12,16,18H,7,10,13-15H2,1-6H3,(H,30,37)(H,31,36). The highest BCUT2D eigenvalue weighted by atomic mass is 32.2. The van der Waals surface area contributed by atoms with E-state index in [1.54, 1.807) is 25.5 Å². The minimum Gasteiger partial charge on any atom is -0.462 e. The second-order valence-electron chi connectivity index (χ2n) is 11.4. The summed E-state index contributed by atoms with van der Waals surface area (Å²) in [6.45, 7) is 10.5. The number of hydrogen-bond acceptors (Lipinski definition) is 10. The molecule has 0 aliphatic heterocycles. The fraction of sp³-hybridized carbons (Fsp3) is 0.483. The summed E-state index contributed by atoms with van der Waals surface area (Å²) in [6, 6.07) is 5.29. The van der Waals surface area contributed by atoms with Gasteiger partial charge in [0, 0.05) is 29.6 Å². The number of aromatic nitrogens is 3. The van der Waals surface area contributed by atoms with E-state index in [-0.39, 0.29) is 35.7 Å². The summed E-state index contributed by atoms with van der Waals surface area (Å²) in [5.74, 6) is -0.161. The molecule has 0 saturated carbocycles. The monoisotopic (exact) mass is 628 g/mol. The predicted octanol–water partition coefficient (Wildman–Crippen LogP) is 5.16. The van der Waals surface area contributed by atoms with E-state index in [1.807, 2.05) is 0 Å². The molecular formula is C29H36N6O6S2. The first kappa shape index (κ1) is 32.1. The van der Waals surface area contributed by atoms with Gasteiger partial charge < -0.3 is 19.9 Å². The van der Waals surface area contributed by atoms with Crippen LogP contribution in [0.5, 0.6) is 0 Å². The molecule has 1 aliphatic carbocycles. The number of fused-ring (bicyclic) bond motifs is 1. The topological polar surface area (TPSA) is 158 Å². The molecule has 0 saturated heterocycles. The number of benzene rings is 1. The van der Waals surface area contributed by atoms with E-state index in [9.17, 15) is 24.5 Å². The van der Waals surface area contributed by atoms with E-state index < -0.39 is 22.0 Å². The Morgan fingerprint density at radius 1 is 1.23 bits per heavy atom. The van der Waals surface area contributed by atoms with E-state index in [4.69, 9.17) is 4.74 Å². The molecule has 12 nitrogen and oxygen atoms in total. The van der Waals surface area contributed by atoms with Crippen LogP contribution in [0.3, 0.4) is 0 Å². The van der Waals surface area contributed by atoms with Crippen molar-refractivity contribution in [3.05, 3.63) is 61.8 Å². The van der Waals surface area contributed by atoms with Crippen LogP contribution < -0.4 is 10.6 Å². The quantitative estimate of drug-likeness (QED) is 0.134. The lowest BCUT2D eigenvalue weighted by Crippen LogP contribution is -2.27. The summed E-state index contributed by atoms with van der Waals surface area (Å²) in [6.07, 6.45) is 2.60. The van der Waals surface area contributed by atoms with E-state index in [0.717, 1.165) is 29.7 Å². The molecule has 1 aliphatic rings. The Kier molecular flexibility index (Phi) is 9.90. The summed E-state index contributed by atoms with van der Waals surface area (Å²) in [4.78, 5) is 50.2. The van der Waals surface area contributed by atoms with Crippen molar-refractivity contribution in [2.24, 2.45) is 18.4 Å². The van der Waals surface area contributed by atoms with Gasteiger partial charge in [-0.25, -0.2) is 4.79 Å². The smallest absolute Gasteiger partial charge is 0.341 e. The summed E-state index contributed by atoms with van der Waals surface area (Å²) < 4.78 is 7.04. The summed E-state index contributed by atoms with van der Waals surface area (Å²) in [5.41, 5.74) is 1.76. The SMILES string of the molecule is CCOC(=O)c1c(NC(=O)C(C)Sc2nnc(CNC(=O)c3ccc([N+](=O)[O-])cc3)n2C)sc2c1CCC(C(C)(C)C)C2. The first-order valence-electron chi connectivity index (χ1n) is 14.0. The number of nitro groups is 1. The van der Waals surface area contributed by atoms with E-state index in [2.05, 4.69) is 41.6 Å². The maximum Gasteiger partial charge on any atom is 0.341 e. The first-order chi connectivity index (χ1) is 20.3. The number of thioether (sulfide) groups is 1. The molecule has 2 amide bonds. The number of carbonyl (C=O) groups is 3. The van der Waals surface area contributed by atoms with Gasteiger partial charge in [-0.05, 0) is 62.1 Å². The van der Waals surface area contributed by atoms with E-state index >= 15 is 0 Å². The van der Waals surface area contributed by atoms with Gasteiger partial charge >= 0.3 is 5.97 Å². The molecule has 43 heavy (non-hydrogen) atoms. The van der Waals surface area contributed by atoms with Crippen molar-refractivity contribution < 1.29 is 24.0 Å². The largest absolute Gasteiger partial charge is 0.462 e. The van der Waals surface area contributed by atoms with Crippen LogP contribution in [0.15, 0.2) is 29.4 Å². The van der Waals surface area contributed by atoms with Gasteiger partial charge in [0.15, 0.2) is 11.0 Å². The van der Waals surface area contributed by atoms with Crippen LogP contribution in [0.25, 0.3) is 0 Å². The zero-order chi connectivity index (χ0) is 31.5. The summed E-state index contributed by atoms with van der Waals surface area (Å²) in [7, 11) is 1.73. The molecule has 2 atom stereocenters. The minimum atomic E-state index is -0.568. The second-order valence-corrected chi connectivity index (χ2v) is 13.8. The van der Waals surface area contributed by atoms with Crippen molar-refractivity contribution in [3.8, 4) is 0 Å². The fourth-order valence-corrected chi connectivity index (χ4v) is 7.01. The van der Waals surface area contributed by atoms with E-state index in [0.29, 0.717) is 27.5 Å². The molecule has 230 valence electrons. The zero-order valence-corrected chi connectivity index (χ0v) is 26.7. The Labute approximate surface area is 258 Å². The van der Waals surface area contributed by atoms with Gasteiger partial charge in [-0.15, -0.1) is 21.5 Å². The van der Waals surface area contributed by atoms with Gasteiger partial charge in [0.1, 0.15) is 5.00 Å². The molecule has 3 aromatic rings. The molecule has 14 heteroatoms. The predicted molar refractivity (Wildman–Crippen MR) is 164 cm³/mol. The maximum absolute atomic E-state index is 13.3. The van der Waals surface area contributed by atoms with Gasteiger partial charge in [-0.1, -0.05) is 32.5 Å². The number of nitrogens with one attached hydrogen (secondary N) is 2. The Bertz CT molecular complexity index is 1530. The highest BCUT2D eigenvalue weighted by molar-refractivity contribution is 8.00. The van der Waals surface area contributed by atoms with Crippen molar-refractivity contribution >= 4 is 51.6 Å². The molecule has 0 bridgehead atoms. The average molecular weight is 629 g/mol. The lowest BCUT2D eigenvalue weighted by atomic mass is 9.72. The zero-order valence-electron chi connectivity index (χ0n) is 25.1. The second kappa shape index (κ2) is 13.2. The Morgan fingerprint density at radius 2 is 1.93 bits per heavy atom. The van der Waals surface area contributed by atoms with Crippen molar-refractivity contribution in [2.45, 2.75) is 70.8 Å². The fourth-order valence-electron chi connectivity index (χ4n) is 4.86. The van der Waals surface area contributed by atoms with Gasteiger partial charge in [-0.2, -0.15) is 0 Å². The molecule has 1 aromatic carbocycles. The van der Waals surface area contributed by atoms with Gasteiger partial charge in [0.2, 0.25) is 5.91 Å². The van der Waals surface area contributed by atoms with Crippen LogP contribution in [0.1, 0.15) is 78.0 Å². The molecular weight excluding hydrogens is 592 g/mol. The Balaban J connectivity index is 1.41. The van der Waals surface area contributed by atoms with Crippen molar-refractivity contribution in [1.82, 2.24) is 20.1 Å². The van der Waals surface area contributed by atoms with Crippen LogP contribution in [0.2, 0.25) is 0 Å². The number of amides is 2. The highest BCUT2D eigenvalue weighted by Crippen LogP contribution is 2.44. The van der Waals surface area contributed by atoms with Crippen molar-refractivity contribution in [2.75, 3.05) is 11.9 Å². The van der Waals surface area contributed by atoms with E-state index in [1.165, 1.54) is 47.4 Å². The Hall–Kier alpha value is -3.78. The lowest BCUT2D eigenvalue weighted by Gasteiger charge is -2.33. The molecule has 2 aromatic heterocycles. The molecule has 2 N–H and O–H groups in total. The van der Waals surface area contributed by atoms with Crippen LogP contribution in [0, 0.1) is 21.4 Å². The molecule has 2 heterocycles. The number of esters is 1. The number of nitrogens with zero attached hydrogens (tertiary/aromatic N) is 4. The van der Waals surface area contributed by atoms with Crippen LogP contribution in [-0.4, -0.2) is 49.3 Å². The molecule has 4 rings (SSSR count). The maximum atomic E-state index is 13.3. The number of carbonyl (C=O) groups excluding carboxylic acids is 3. The highest BCUT2D eigenvalue weighted by Gasteiger charge is 2.35. The number of anilines is 1. The number of ether oxygens (including phenoxy) is 1. The van der Waals surface area contributed by atoms with Crippen molar-refractivity contribution in [3.63, 3.8) is 0 Å². The van der Waals surface area contributed by atoms with Crippen molar-refractivity contribution in [1.29, 1.82) is 0 Å². The van der Waals surface area contributed by atoms with Gasteiger partial charge in [0.05, 0.1) is 28.9 Å². The summed E-state index contributed by atoms with van der Waals surface area (Å²) in [5, 5.41) is 25.3. The summed E-state index contributed by atoms with van der Waals surface area (Å²) >= 11 is 2.66. The molecule has 0 spiro atoms. The third kappa shape index (κ3) is 7.42. The molecule has 0 fully saturated rings. The molecule has 0 radical (unpaired) electrons. The van der Waals surface area contributed by atoms with Crippen LogP contribution in [-0.2, 0) is 36.0 Å². The average Bonchev–Trinajstić information content (AvgIpc) is 3.49. The number of thiophene rings is 1. The Morgan fingerprint density at radius 3 is 2.56 bits per heavy atom. The van der Waals surface area contributed by atoms with Gasteiger partial charge in [-0.3, -0.25) is 19.7 Å². The van der Waals surface area contributed by atoms with Crippen LogP contribution >= 0.6 is 23.1 Å². The van der Waals surface area contributed by atoms with Gasteiger partial charge in [0.25, 0.3) is 11.6 Å². The first-order valence-corrected chi connectivity index (χ1v) is 15.7. The third-order valence-electron chi connectivity index (χ3n) is 7.53. The number of rotatable bonds is 10. The number of non-ortho nitro benzene ring substituents is 1. The van der Waals surface area contributed by atoms with Crippen LogP contribution in [0.4, 0.5) is 10.7 Å². The normalized spacial score (nSPS) is 15.3. The third-order valence-corrected chi connectivity index (χ3v) is 9.83. The number of nitro benzene ring substituents is 1. The molecule has 2 unspecified atom stereocenters. The number of hydrogen-bond donors (Lipinski definition) is 2.